The summed E-state index contributed by atoms with van der Waals surface area (Å²) in [5, 5.41) is 13.3. The van der Waals surface area contributed by atoms with Gasteiger partial charge in [0.05, 0.1) is 24.4 Å². The van der Waals surface area contributed by atoms with Gasteiger partial charge < -0.3 is 24.8 Å². The molecular weight excluding hydrogens is 320 g/mol. The van der Waals surface area contributed by atoms with Crippen molar-refractivity contribution in [3.8, 4) is 11.5 Å². The predicted molar refractivity (Wildman–Crippen MR) is 92.8 cm³/mol. The number of fused-ring (bicyclic) bond motifs is 2. The van der Waals surface area contributed by atoms with Crippen LogP contribution >= 0.6 is 0 Å². The van der Waals surface area contributed by atoms with E-state index in [0.29, 0.717) is 35.9 Å². The third kappa shape index (κ3) is 2.78. The van der Waals surface area contributed by atoms with Crippen molar-refractivity contribution in [3.63, 3.8) is 0 Å². The molecule has 2 atom stereocenters. The van der Waals surface area contributed by atoms with Crippen molar-refractivity contribution in [2.45, 2.75) is 25.3 Å². The number of nitrogens with zero attached hydrogens (tertiary/aromatic N) is 1. The van der Waals surface area contributed by atoms with Gasteiger partial charge in [0.1, 0.15) is 12.8 Å². The summed E-state index contributed by atoms with van der Waals surface area (Å²) < 4.78 is 11.3. The second kappa shape index (κ2) is 6.29. The number of amides is 1. The molecule has 2 aliphatic rings. The molecule has 2 heterocycles. The van der Waals surface area contributed by atoms with E-state index in [1.165, 1.54) is 0 Å². The third-order valence-electron chi connectivity index (χ3n) is 4.77. The highest BCUT2D eigenvalue weighted by Gasteiger charge is 2.41. The zero-order chi connectivity index (χ0) is 17.4. The number of benzene rings is 2. The summed E-state index contributed by atoms with van der Waals surface area (Å²) in [6, 6.07) is 13.0. The second-order valence-electron chi connectivity index (χ2n) is 6.27. The van der Waals surface area contributed by atoms with Crippen LogP contribution in [0, 0.1) is 0 Å². The van der Waals surface area contributed by atoms with Crippen LogP contribution < -0.4 is 14.8 Å². The Morgan fingerprint density at radius 1 is 1.24 bits per heavy atom. The lowest BCUT2D eigenvalue weighted by Crippen LogP contribution is -2.57. The Hall–Kier alpha value is -2.73. The summed E-state index contributed by atoms with van der Waals surface area (Å²) in [4.78, 5) is 14.4. The average molecular weight is 340 g/mol. The summed E-state index contributed by atoms with van der Waals surface area (Å²) in [5.41, 5.74) is 2.09. The van der Waals surface area contributed by atoms with Crippen LogP contribution in [0.15, 0.2) is 42.5 Å². The second-order valence-corrected chi connectivity index (χ2v) is 6.27. The summed E-state index contributed by atoms with van der Waals surface area (Å²) in [7, 11) is 1.55. The highest BCUT2D eigenvalue weighted by atomic mass is 16.5. The fourth-order valence-electron chi connectivity index (χ4n) is 3.26. The van der Waals surface area contributed by atoms with Crippen molar-refractivity contribution < 1.29 is 19.4 Å². The monoisotopic (exact) mass is 340 g/mol. The highest BCUT2D eigenvalue weighted by molar-refractivity contribution is 6.02. The number of anilines is 1. The van der Waals surface area contributed by atoms with Crippen LogP contribution in [0.1, 0.15) is 22.3 Å². The Labute approximate surface area is 146 Å². The lowest BCUT2D eigenvalue weighted by molar-refractivity contribution is 0.00699. The van der Waals surface area contributed by atoms with Crippen LogP contribution in [0.4, 0.5) is 5.69 Å². The van der Waals surface area contributed by atoms with Crippen molar-refractivity contribution in [2.24, 2.45) is 0 Å². The van der Waals surface area contributed by atoms with Crippen LogP contribution in [-0.4, -0.2) is 41.8 Å². The fourth-order valence-corrected chi connectivity index (χ4v) is 3.26. The number of methoxy groups -OCH3 is 1. The molecule has 0 aliphatic carbocycles. The summed E-state index contributed by atoms with van der Waals surface area (Å²) in [5.74, 6) is 0.934. The number of ether oxygens (including phenoxy) is 2. The molecule has 6 heteroatoms. The molecule has 6 nitrogen and oxygen atoms in total. The molecule has 2 aromatic carbocycles. The molecule has 25 heavy (non-hydrogen) atoms. The Bertz CT molecular complexity index is 794. The molecule has 1 saturated heterocycles. The van der Waals surface area contributed by atoms with Gasteiger partial charge in [-0.05, 0) is 18.1 Å². The van der Waals surface area contributed by atoms with E-state index in [4.69, 9.17) is 9.47 Å². The van der Waals surface area contributed by atoms with E-state index in [1.54, 1.807) is 24.1 Å². The Kier molecular flexibility index (Phi) is 3.97. The molecule has 2 N–H and O–H groups in total. The first-order chi connectivity index (χ1) is 12.2. The van der Waals surface area contributed by atoms with Crippen molar-refractivity contribution >= 4 is 11.6 Å². The molecule has 0 spiro atoms. The number of hydrogen-bond donors (Lipinski definition) is 2. The first-order valence-electron chi connectivity index (χ1n) is 8.31. The SMILES string of the molecule is COc1cc2c(cc1OCc1ccccc1)N[C@H](O)[C@@H]1CCN1C2=O. The molecule has 1 fully saturated rings. The molecule has 0 radical (unpaired) electrons. The average Bonchev–Trinajstić information content (AvgIpc) is 2.65. The minimum absolute atomic E-state index is 0.0943. The largest absolute Gasteiger partial charge is 0.493 e. The van der Waals surface area contributed by atoms with Crippen molar-refractivity contribution in [1.82, 2.24) is 4.90 Å². The van der Waals surface area contributed by atoms with E-state index in [-0.39, 0.29) is 11.9 Å². The number of carbonyl (C=O) groups excluding carboxylic acids is 1. The maximum atomic E-state index is 12.7. The maximum absolute atomic E-state index is 12.7. The highest BCUT2D eigenvalue weighted by Crippen LogP contribution is 2.38. The molecule has 0 unspecified atom stereocenters. The van der Waals surface area contributed by atoms with Crippen LogP contribution in [0.3, 0.4) is 0 Å². The van der Waals surface area contributed by atoms with E-state index >= 15 is 0 Å². The van der Waals surface area contributed by atoms with Crippen LogP contribution in [0.5, 0.6) is 11.5 Å². The van der Waals surface area contributed by atoms with E-state index in [0.717, 1.165) is 12.0 Å². The number of hydrogen-bond acceptors (Lipinski definition) is 5. The molecule has 1 amide bonds. The minimum Gasteiger partial charge on any atom is -0.493 e. The molecule has 0 bridgehead atoms. The number of aliphatic hydroxyl groups excluding tert-OH is 1. The van der Waals surface area contributed by atoms with Gasteiger partial charge in [0.2, 0.25) is 0 Å². The van der Waals surface area contributed by atoms with Gasteiger partial charge in [0.15, 0.2) is 11.5 Å². The van der Waals surface area contributed by atoms with E-state index < -0.39 is 6.23 Å². The van der Waals surface area contributed by atoms with Gasteiger partial charge in [-0.25, -0.2) is 0 Å². The Morgan fingerprint density at radius 3 is 2.72 bits per heavy atom. The third-order valence-corrected chi connectivity index (χ3v) is 4.77. The summed E-state index contributed by atoms with van der Waals surface area (Å²) in [6.07, 6.45) is 0.0110. The minimum atomic E-state index is -0.783. The molecule has 130 valence electrons. The number of carbonyl (C=O) groups is 1. The number of rotatable bonds is 4. The predicted octanol–water partition coefficient (Wildman–Crippen LogP) is 2.23. The Balaban J connectivity index is 1.65. The van der Waals surface area contributed by atoms with Crippen LogP contribution in [0.2, 0.25) is 0 Å². The molecule has 2 aromatic rings. The van der Waals surface area contributed by atoms with Gasteiger partial charge >= 0.3 is 0 Å². The van der Waals surface area contributed by atoms with Gasteiger partial charge in [-0.3, -0.25) is 4.79 Å². The van der Waals surface area contributed by atoms with Gasteiger partial charge in [-0.15, -0.1) is 0 Å². The smallest absolute Gasteiger partial charge is 0.256 e. The van der Waals surface area contributed by atoms with E-state index in [2.05, 4.69) is 5.32 Å². The van der Waals surface area contributed by atoms with Crippen molar-refractivity contribution in [1.29, 1.82) is 0 Å². The van der Waals surface area contributed by atoms with Crippen molar-refractivity contribution in [2.75, 3.05) is 19.0 Å². The summed E-state index contributed by atoms with van der Waals surface area (Å²) in [6.45, 7) is 1.05. The number of nitrogens with one attached hydrogen (secondary N) is 1. The molecule has 4 rings (SSSR count). The van der Waals surface area contributed by atoms with Gasteiger partial charge in [0, 0.05) is 12.6 Å². The summed E-state index contributed by atoms with van der Waals surface area (Å²) >= 11 is 0. The van der Waals surface area contributed by atoms with E-state index in [9.17, 15) is 9.90 Å². The van der Waals surface area contributed by atoms with Gasteiger partial charge in [-0.2, -0.15) is 0 Å². The van der Waals surface area contributed by atoms with Gasteiger partial charge in [0.25, 0.3) is 5.91 Å². The zero-order valence-corrected chi connectivity index (χ0v) is 13.9. The molecule has 2 aliphatic heterocycles. The van der Waals surface area contributed by atoms with Crippen LogP contribution in [-0.2, 0) is 6.61 Å². The number of aliphatic hydroxyl groups is 1. The molecular formula is C19H20N2O4. The fraction of sp³-hybridized carbons (Fsp3) is 0.316. The topological polar surface area (TPSA) is 71.0 Å². The first-order valence-corrected chi connectivity index (χ1v) is 8.31. The van der Waals surface area contributed by atoms with Crippen LogP contribution in [0.25, 0.3) is 0 Å². The van der Waals surface area contributed by atoms with Gasteiger partial charge in [-0.1, -0.05) is 30.3 Å². The standard InChI is InChI=1S/C19H20N2O4/c1-24-16-9-13-14(20-18(22)15-7-8-21(15)19(13)23)10-17(16)25-11-12-5-3-2-4-6-12/h2-6,9-10,15,18,20,22H,7-8,11H2,1H3/t15-,18+/m0/s1. The zero-order valence-electron chi connectivity index (χ0n) is 13.9. The Morgan fingerprint density at radius 2 is 2.04 bits per heavy atom. The lowest BCUT2D eigenvalue weighted by atomic mass is 10.0. The maximum Gasteiger partial charge on any atom is 0.256 e. The molecule has 0 saturated carbocycles. The first kappa shape index (κ1) is 15.8. The quantitative estimate of drug-likeness (QED) is 0.893. The molecule has 0 aromatic heterocycles. The van der Waals surface area contributed by atoms with Crippen molar-refractivity contribution in [3.05, 3.63) is 53.6 Å². The normalized spacial score (nSPS) is 21.4. The lowest BCUT2D eigenvalue weighted by Gasteiger charge is -2.41. The van der Waals surface area contributed by atoms with E-state index in [1.807, 2.05) is 30.3 Å².